The van der Waals surface area contributed by atoms with E-state index >= 15 is 0 Å². The fraction of sp³-hybridized carbons (Fsp3) is 0.647. The highest BCUT2D eigenvalue weighted by Crippen LogP contribution is 2.27. The number of nitrogens with one attached hydrogen (secondary N) is 1. The van der Waals surface area contributed by atoms with Crippen LogP contribution in [0.1, 0.15) is 57.9 Å². The second kappa shape index (κ2) is 8.98. The van der Waals surface area contributed by atoms with Crippen LogP contribution < -0.4 is 10.1 Å². The van der Waals surface area contributed by atoms with Crippen molar-refractivity contribution in [2.75, 3.05) is 13.7 Å². The van der Waals surface area contributed by atoms with Crippen LogP contribution in [0, 0.1) is 0 Å². The summed E-state index contributed by atoms with van der Waals surface area (Å²) in [5.74, 6) is 1.53. The quantitative estimate of drug-likeness (QED) is 0.715. The van der Waals surface area contributed by atoms with Crippen molar-refractivity contribution < 1.29 is 4.74 Å². The first kappa shape index (κ1) is 16.0. The van der Waals surface area contributed by atoms with Gasteiger partial charge in [-0.05, 0) is 49.4 Å². The second-order valence-electron chi connectivity index (χ2n) is 5.14. The van der Waals surface area contributed by atoms with Gasteiger partial charge in [0.1, 0.15) is 5.75 Å². The zero-order chi connectivity index (χ0) is 14.1. The van der Waals surface area contributed by atoms with E-state index in [0.29, 0.717) is 12.0 Å². The van der Waals surface area contributed by atoms with Crippen molar-refractivity contribution in [3.8, 4) is 5.75 Å². The third kappa shape index (κ3) is 4.87. The van der Waals surface area contributed by atoms with E-state index in [0.717, 1.165) is 12.3 Å². The molecule has 108 valence electrons. The Bertz CT molecular complexity index is 334. The number of rotatable bonds is 9. The Morgan fingerprint density at radius 1 is 1.05 bits per heavy atom. The predicted molar refractivity (Wildman–Crippen MR) is 83.0 cm³/mol. The van der Waals surface area contributed by atoms with Gasteiger partial charge in [0.2, 0.25) is 0 Å². The van der Waals surface area contributed by atoms with Crippen molar-refractivity contribution in [3.63, 3.8) is 0 Å². The average molecular weight is 263 g/mol. The van der Waals surface area contributed by atoms with Gasteiger partial charge in [0.15, 0.2) is 0 Å². The summed E-state index contributed by atoms with van der Waals surface area (Å²) in [5.41, 5.74) is 1.42. The largest absolute Gasteiger partial charge is 0.497 e. The van der Waals surface area contributed by atoms with Crippen LogP contribution in [-0.2, 0) is 0 Å². The minimum atomic E-state index is 0.586. The maximum atomic E-state index is 5.24. The van der Waals surface area contributed by atoms with Gasteiger partial charge in [-0.2, -0.15) is 0 Å². The Kier molecular flexibility index (Phi) is 7.57. The van der Waals surface area contributed by atoms with E-state index in [1.165, 1.54) is 31.2 Å². The second-order valence-corrected chi connectivity index (χ2v) is 5.14. The first-order valence-electron chi connectivity index (χ1n) is 7.64. The topological polar surface area (TPSA) is 21.3 Å². The number of hydrogen-bond donors (Lipinski definition) is 1. The van der Waals surface area contributed by atoms with Crippen LogP contribution in [0.4, 0.5) is 0 Å². The Morgan fingerprint density at radius 3 is 2.21 bits per heavy atom. The Morgan fingerprint density at radius 2 is 1.74 bits per heavy atom. The van der Waals surface area contributed by atoms with Crippen molar-refractivity contribution in [1.82, 2.24) is 5.32 Å². The molecular formula is C17H29NO. The number of ether oxygens (including phenoxy) is 1. The minimum Gasteiger partial charge on any atom is -0.497 e. The van der Waals surface area contributed by atoms with Gasteiger partial charge in [0.25, 0.3) is 0 Å². The summed E-state index contributed by atoms with van der Waals surface area (Å²) in [6.45, 7) is 7.88. The molecular weight excluding hydrogens is 234 g/mol. The van der Waals surface area contributed by atoms with Crippen LogP contribution in [0.3, 0.4) is 0 Å². The lowest BCUT2D eigenvalue weighted by atomic mass is 9.86. The summed E-state index contributed by atoms with van der Waals surface area (Å²) in [5, 5.41) is 3.72. The van der Waals surface area contributed by atoms with E-state index in [1.807, 2.05) is 0 Å². The van der Waals surface area contributed by atoms with Crippen LogP contribution in [0.2, 0.25) is 0 Å². The van der Waals surface area contributed by atoms with E-state index in [2.05, 4.69) is 50.4 Å². The van der Waals surface area contributed by atoms with Crippen LogP contribution in [0.25, 0.3) is 0 Å². The molecule has 0 bridgehead atoms. The lowest BCUT2D eigenvalue weighted by molar-refractivity contribution is 0.394. The third-order valence-corrected chi connectivity index (χ3v) is 3.73. The predicted octanol–water partition coefficient (Wildman–Crippen LogP) is 4.36. The van der Waals surface area contributed by atoms with Gasteiger partial charge < -0.3 is 10.1 Å². The van der Waals surface area contributed by atoms with Crippen LogP contribution in [0.15, 0.2) is 24.3 Å². The molecule has 0 aliphatic heterocycles. The van der Waals surface area contributed by atoms with Crippen LogP contribution >= 0.6 is 0 Å². The van der Waals surface area contributed by atoms with Crippen molar-refractivity contribution in [1.29, 1.82) is 0 Å². The molecule has 0 aliphatic carbocycles. The molecule has 0 aromatic heterocycles. The zero-order valence-corrected chi connectivity index (χ0v) is 12.9. The molecule has 0 amide bonds. The van der Waals surface area contributed by atoms with Gasteiger partial charge in [0, 0.05) is 6.04 Å². The first-order valence-corrected chi connectivity index (χ1v) is 7.64. The van der Waals surface area contributed by atoms with E-state index in [-0.39, 0.29) is 0 Å². The monoisotopic (exact) mass is 263 g/mol. The smallest absolute Gasteiger partial charge is 0.118 e. The van der Waals surface area contributed by atoms with E-state index in [9.17, 15) is 0 Å². The fourth-order valence-electron chi connectivity index (χ4n) is 2.69. The molecule has 0 heterocycles. The van der Waals surface area contributed by atoms with E-state index in [1.54, 1.807) is 7.11 Å². The van der Waals surface area contributed by atoms with Gasteiger partial charge in [-0.15, -0.1) is 0 Å². The lowest BCUT2D eigenvalue weighted by Gasteiger charge is -2.27. The average Bonchev–Trinajstić information content (AvgIpc) is 2.46. The molecule has 0 aliphatic rings. The van der Waals surface area contributed by atoms with Gasteiger partial charge in [0.05, 0.1) is 7.11 Å². The van der Waals surface area contributed by atoms with Gasteiger partial charge in [-0.3, -0.25) is 0 Å². The highest BCUT2D eigenvalue weighted by molar-refractivity contribution is 5.30. The number of methoxy groups -OCH3 is 1. The van der Waals surface area contributed by atoms with E-state index < -0.39 is 0 Å². The summed E-state index contributed by atoms with van der Waals surface area (Å²) in [4.78, 5) is 0. The van der Waals surface area contributed by atoms with Crippen LogP contribution in [0.5, 0.6) is 5.75 Å². The Balaban J connectivity index is 2.81. The highest BCUT2D eigenvalue weighted by atomic mass is 16.5. The molecule has 0 saturated carbocycles. The maximum absolute atomic E-state index is 5.24. The standard InChI is InChI=1S/C17H29NO/c1-5-8-17(18-13-6-2)16(7-3)14-9-11-15(19-4)12-10-14/h9-12,16-18H,5-8,13H2,1-4H3. The Labute approximate surface area is 118 Å². The molecule has 1 aromatic rings. The highest BCUT2D eigenvalue weighted by Gasteiger charge is 2.20. The first-order chi connectivity index (χ1) is 9.26. The normalized spacial score (nSPS) is 14.1. The van der Waals surface area contributed by atoms with E-state index in [4.69, 9.17) is 4.74 Å². The molecule has 0 saturated heterocycles. The molecule has 2 nitrogen and oxygen atoms in total. The molecule has 2 atom stereocenters. The Hall–Kier alpha value is -1.02. The van der Waals surface area contributed by atoms with Crippen molar-refractivity contribution >= 4 is 0 Å². The maximum Gasteiger partial charge on any atom is 0.118 e. The molecule has 19 heavy (non-hydrogen) atoms. The molecule has 1 rings (SSSR count). The van der Waals surface area contributed by atoms with Gasteiger partial charge in [-0.25, -0.2) is 0 Å². The molecule has 0 fully saturated rings. The summed E-state index contributed by atoms with van der Waals surface area (Å²) < 4.78 is 5.24. The minimum absolute atomic E-state index is 0.586. The lowest BCUT2D eigenvalue weighted by Crippen LogP contribution is -2.35. The van der Waals surface area contributed by atoms with Crippen LogP contribution in [-0.4, -0.2) is 19.7 Å². The van der Waals surface area contributed by atoms with Crippen molar-refractivity contribution in [2.24, 2.45) is 0 Å². The third-order valence-electron chi connectivity index (χ3n) is 3.73. The number of benzene rings is 1. The SMILES string of the molecule is CCCNC(CCC)C(CC)c1ccc(OC)cc1. The van der Waals surface area contributed by atoms with Crippen molar-refractivity contribution in [2.45, 2.75) is 58.4 Å². The summed E-state index contributed by atoms with van der Waals surface area (Å²) in [6.07, 6.45) is 4.84. The van der Waals surface area contributed by atoms with Gasteiger partial charge >= 0.3 is 0 Å². The summed E-state index contributed by atoms with van der Waals surface area (Å²) in [7, 11) is 1.72. The summed E-state index contributed by atoms with van der Waals surface area (Å²) >= 11 is 0. The molecule has 0 radical (unpaired) electrons. The fourth-order valence-corrected chi connectivity index (χ4v) is 2.69. The molecule has 1 N–H and O–H groups in total. The molecule has 1 aromatic carbocycles. The molecule has 2 unspecified atom stereocenters. The zero-order valence-electron chi connectivity index (χ0n) is 12.9. The molecule has 0 spiro atoms. The van der Waals surface area contributed by atoms with Crippen molar-refractivity contribution in [3.05, 3.63) is 29.8 Å². The number of hydrogen-bond acceptors (Lipinski definition) is 2. The molecule has 2 heteroatoms. The summed E-state index contributed by atoms with van der Waals surface area (Å²) in [6, 6.07) is 9.15. The van der Waals surface area contributed by atoms with Gasteiger partial charge in [-0.1, -0.05) is 39.3 Å².